The SMILES string of the molecule is NC1=NC(=O)N(Cc2ccccc2)C12CCCC21CCC1. The first kappa shape index (κ1) is 12.9. The van der Waals surface area contributed by atoms with Crippen molar-refractivity contribution in [2.24, 2.45) is 16.1 Å². The third-order valence-corrected chi connectivity index (χ3v) is 5.90. The molecule has 1 atom stereocenters. The molecule has 3 aliphatic rings. The molecule has 2 spiro atoms. The normalized spacial score (nSPS) is 30.0. The van der Waals surface area contributed by atoms with Gasteiger partial charge in [-0.2, -0.15) is 4.99 Å². The van der Waals surface area contributed by atoms with E-state index in [2.05, 4.69) is 17.1 Å². The van der Waals surface area contributed by atoms with Gasteiger partial charge in [-0.05, 0) is 37.7 Å². The number of carbonyl (C=O) groups is 1. The molecule has 4 nitrogen and oxygen atoms in total. The molecule has 0 bridgehead atoms. The summed E-state index contributed by atoms with van der Waals surface area (Å²) >= 11 is 0. The molecule has 1 aliphatic heterocycles. The minimum atomic E-state index is -0.307. The molecular formula is C17H21N3O. The molecule has 1 aromatic rings. The van der Waals surface area contributed by atoms with Gasteiger partial charge in [0.2, 0.25) is 0 Å². The van der Waals surface area contributed by atoms with Crippen molar-refractivity contribution in [2.45, 2.75) is 50.6 Å². The number of aliphatic imine (C=N–C) groups is 1. The first-order valence-corrected chi connectivity index (χ1v) is 7.88. The standard InChI is InChI=1S/C17H21N3O/c18-14-17(11-5-10-16(17)8-4-9-16)20(15(21)19-14)12-13-6-2-1-3-7-13/h1-3,6-7H,4-5,8-12H2,(H2,18,19,21). The van der Waals surface area contributed by atoms with Gasteiger partial charge in [-0.3, -0.25) is 0 Å². The highest BCUT2D eigenvalue weighted by Crippen LogP contribution is 2.62. The van der Waals surface area contributed by atoms with Gasteiger partial charge in [0.25, 0.3) is 0 Å². The molecule has 2 saturated carbocycles. The number of nitrogens with zero attached hydrogens (tertiary/aromatic N) is 2. The van der Waals surface area contributed by atoms with Crippen LogP contribution in [-0.2, 0) is 6.54 Å². The predicted octanol–water partition coefficient (Wildman–Crippen LogP) is 3.07. The van der Waals surface area contributed by atoms with Gasteiger partial charge in [-0.1, -0.05) is 36.8 Å². The summed E-state index contributed by atoms with van der Waals surface area (Å²) in [6.07, 6.45) is 6.92. The molecule has 2 N–H and O–H groups in total. The molecule has 2 fully saturated rings. The lowest BCUT2D eigenvalue weighted by Gasteiger charge is -2.53. The van der Waals surface area contributed by atoms with Crippen LogP contribution in [0.3, 0.4) is 0 Å². The second kappa shape index (κ2) is 4.33. The van der Waals surface area contributed by atoms with Gasteiger partial charge in [-0.25, -0.2) is 4.79 Å². The zero-order chi connectivity index (χ0) is 14.5. The lowest BCUT2D eigenvalue weighted by molar-refractivity contribution is 0.00868. The van der Waals surface area contributed by atoms with E-state index < -0.39 is 0 Å². The van der Waals surface area contributed by atoms with Crippen LogP contribution in [0.4, 0.5) is 4.79 Å². The Morgan fingerprint density at radius 1 is 1.10 bits per heavy atom. The van der Waals surface area contributed by atoms with E-state index in [-0.39, 0.29) is 17.0 Å². The predicted molar refractivity (Wildman–Crippen MR) is 81.9 cm³/mol. The average molecular weight is 283 g/mol. The number of hydrogen-bond donors (Lipinski definition) is 1. The number of benzene rings is 1. The molecule has 0 aromatic heterocycles. The smallest absolute Gasteiger partial charge is 0.346 e. The van der Waals surface area contributed by atoms with Gasteiger partial charge >= 0.3 is 6.03 Å². The summed E-state index contributed by atoms with van der Waals surface area (Å²) in [5, 5.41) is 0. The van der Waals surface area contributed by atoms with Crippen molar-refractivity contribution in [3.05, 3.63) is 35.9 Å². The number of carbonyl (C=O) groups excluding carboxylic acids is 1. The summed E-state index contributed by atoms with van der Waals surface area (Å²) in [5.74, 6) is 0.570. The summed E-state index contributed by atoms with van der Waals surface area (Å²) in [5.41, 5.74) is 7.32. The molecule has 2 amide bonds. The summed E-state index contributed by atoms with van der Waals surface area (Å²) < 4.78 is 0. The van der Waals surface area contributed by atoms with Gasteiger partial charge in [0.15, 0.2) is 0 Å². The van der Waals surface area contributed by atoms with Crippen molar-refractivity contribution in [3.63, 3.8) is 0 Å². The van der Waals surface area contributed by atoms with Crippen LogP contribution in [0.15, 0.2) is 35.3 Å². The van der Waals surface area contributed by atoms with Crippen LogP contribution in [0.1, 0.15) is 44.1 Å². The van der Waals surface area contributed by atoms with E-state index in [1.54, 1.807) is 0 Å². The maximum Gasteiger partial charge on any atom is 0.346 e. The van der Waals surface area contributed by atoms with E-state index in [4.69, 9.17) is 5.73 Å². The van der Waals surface area contributed by atoms with Crippen molar-refractivity contribution >= 4 is 11.9 Å². The molecule has 110 valence electrons. The summed E-state index contributed by atoms with van der Waals surface area (Å²) in [6, 6.07) is 10.0. The lowest BCUT2D eigenvalue weighted by atomic mass is 9.58. The molecule has 4 rings (SSSR count). The molecule has 21 heavy (non-hydrogen) atoms. The van der Waals surface area contributed by atoms with Crippen molar-refractivity contribution in [3.8, 4) is 0 Å². The Balaban J connectivity index is 1.73. The van der Waals surface area contributed by atoms with E-state index in [9.17, 15) is 4.79 Å². The maximum absolute atomic E-state index is 12.4. The largest absolute Gasteiger partial charge is 0.385 e. The van der Waals surface area contributed by atoms with E-state index in [1.165, 1.54) is 25.7 Å². The molecule has 1 heterocycles. The highest BCUT2D eigenvalue weighted by molar-refractivity contribution is 6.06. The van der Waals surface area contributed by atoms with Crippen LogP contribution in [0.5, 0.6) is 0 Å². The molecule has 1 aromatic carbocycles. The van der Waals surface area contributed by atoms with Gasteiger partial charge in [-0.15, -0.1) is 0 Å². The average Bonchev–Trinajstić information content (AvgIpc) is 2.95. The Morgan fingerprint density at radius 3 is 2.43 bits per heavy atom. The van der Waals surface area contributed by atoms with Crippen molar-refractivity contribution in [2.75, 3.05) is 0 Å². The number of nitrogens with two attached hydrogens (primary N) is 1. The number of amidine groups is 1. The minimum Gasteiger partial charge on any atom is -0.385 e. The Hall–Kier alpha value is -1.84. The fourth-order valence-corrected chi connectivity index (χ4v) is 4.77. The van der Waals surface area contributed by atoms with Crippen molar-refractivity contribution in [1.82, 2.24) is 4.90 Å². The van der Waals surface area contributed by atoms with E-state index >= 15 is 0 Å². The first-order valence-electron chi connectivity index (χ1n) is 7.88. The van der Waals surface area contributed by atoms with Crippen LogP contribution in [-0.4, -0.2) is 22.3 Å². The maximum atomic E-state index is 12.4. The van der Waals surface area contributed by atoms with E-state index in [0.717, 1.165) is 18.4 Å². The quantitative estimate of drug-likeness (QED) is 0.906. The summed E-state index contributed by atoms with van der Waals surface area (Å²) in [6.45, 7) is 0.617. The van der Waals surface area contributed by atoms with Gasteiger partial charge in [0, 0.05) is 12.0 Å². The fraction of sp³-hybridized carbons (Fsp3) is 0.529. The monoisotopic (exact) mass is 283 g/mol. The minimum absolute atomic E-state index is 0.149. The number of fused-ring (bicyclic) bond motifs is 1. The van der Waals surface area contributed by atoms with Gasteiger partial charge in [0.05, 0.1) is 0 Å². The third kappa shape index (κ3) is 1.56. The fourth-order valence-electron chi connectivity index (χ4n) is 4.77. The topological polar surface area (TPSA) is 58.7 Å². The number of amides is 2. The molecular weight excluding hydrogens is 262 g/mol. The molecule has 0 radical (unpaired) electrons. The molecule has 1 unspecified atom stereocenters. The second-order valence-corrected chi connectivity index (χ2v) is 6.70. The molecule has 4 heteroatoms. The summed E-state index contributed by atoms with van der Waals surface area (Å²) in [4.78, 5) is 18.6. The van der Waals surface area contributed by atoms with Crippen LogP contribution in [0, 0.1) is 5.41 Å². The van der Waals surface area contributed by atoms with Gasteiger partial charge < -0.3 is 10.6 Å². The Morgan fingerprint density at radius 2 is 1.76 bits per heavy atom. The zero-order valence-corrected chi connectivity index (χ0v) is 12.2. The number of urea groups is 1. The Bertz CT molecular complexity index is 606. The highest BCUT2D eigenvalue weighted by Gasteiger charge is 2.65. The van der Waals surface area contributed by atoms with Crippen LogP contribution in [0.2, 0.25) is 0 Å². The molecule has 2 aliphatic carbocycles. The number of hydrogen-bond acceptors (Lipinski definition) is 2. The lowest BCUT2D eigenvalue weighted by Crippen LogP contribution is -2.63. The first-order chi connectivity index (χ1) is 10.2. The van der Waals surface area contributed by atoms with Crippen molar-refractivity contribution < 1.29 is 4.79 Å². The van der Waals surface area contributed by atoms with Crippen LogP contribution < -0.4 is 5.73 Å². The number of rotatable bonds is 2. The second-order valence-electron chi connectivity index (χ2n) is 6.70. The molecule has 0 saturated heterocycles. The van der Waals surface area contributed by atoms with Crippen LogP contribution >= 0.6 is 0 Å². The highest BCUT2D eigenvalue weighted by atomic mass is 16.2. The van der Waals surface area contributed by atoms with Crippen LogP contribution in [0.25, 0.3) is 0 Å². The van der Waals surface area contributed by atoms with E-state index in [1.807, 2.05) is 23.1 Å². The van der Waals surface area contributed by atoms with Gasteiger partial charge in [0.1, 0.15) is 11.4 Å². The van der Waals surface area contributed by atoms with Crippen molar-refractivity contribution in [1.29, 1.82) is 0 Å². The Kier molecular flexibility index (Phi) is 2.65. The van der Waals surface area contributed by atoms with E-state index in [0.29, 0.717) is 12.4 Å². The Labute approximate surface area is 125 Å². The zero-order valence-electron chi connectivity index (χ0n) is 12.2. The third-order valence-electron chi connectivity index (χ3n) is 5.90. The summed E-state index contributed by atoms with van der Waals surface area (Å²) in [7, 11) is 0.